The second-order valence-electron chi connectivity index (χ2n) is 6.68. The van der Waals surface area contributed by atoms with Crippen molar-refractivity contribution >= 4 is 50.7 Å². The van der Waals surface area contributed by atoms with Crippen molar-refractivity contribution in [1.82, 2.24) is 15.0 Å². The molecule has 3 aromatic rings. The van der Waals surface area contributed by atoms with Crippen LogP contribution in [0.1, 0.15) is 15.4 Å². The van der Waals surface area contributed by atoms with Crippen molar-refractivity contribution in [1.29, 1.82) is 0 Å². The molecule has 28 heavy (non-hydrogen) atoms. The van der Waals surface area contributed by atoms with Crippen molar-refractivity contribution in [2.24, 2.45) is 0 Å². The number of hydrogen-bond donors (Lipinski definition) is 1. The number of carbonyl (C=O) groups is 2. The van der Waals surface area contributed by atoms with Crippen LogP contribution in [0, 0.1) is 6.92 Å². The molecule has 1 aliphatic heterocycles. The van der Waals surface area contributed by atoms with E-state index in [9.17, 15) is 9.59 Å². The van der Waals surface area contributed by atoms with Gasteiger partial charge in [0.2, 0.25) is 5.91 Å². The summed E-state index contributed by atoms with van der Waals surface area (Å²) in [4.78, 5) is 29.4. The molecule has 4 rings (SSSR count). The van der Waals surface area contributed by atoms with Gasteiger partial charge in [-0.15, -0.1) is 11.3 Å². The Bertz CT molecular complexity index is 1020. The van der Waals surface area contributed by atoms with Crippen LogP contribution in [0.15, 0.2) is 34.9 Å². The van der Waals surface area contributed by atoms with E-state index in [2.05, 4.69) is 10.5 Å². The summed E-state index contributed by atoms with van der Waals surface area (Å²) in [5.41, 5.74) is 0. The van der Waals surface area contributed by atoms with Crippen LogP contribution in [-0.4, -0.2) is 59.5 Å². The minimum absolute atomic E-state index is 0.0478. The van der Waals surface area contributed by atoms with Gasteiger partial charge in [-0.3, -0.25) is 14.5 Å². The van der Waals surface area contributed by atoms with Crippen LogP contribution in [-0.2, 0) is 4.79 Å². The predicted molar refractivity (Wildman–Crippen MR) is 109 cm³/mol. The fourth-order valence-corrected chi connectivity index (χ4v) is 4.69. The summed E-state index contributed by atoms with van der Waals surface area (Å²) < 4.78 is 5.95. The first-order valence-corrected chi connectivity index (χ1v) is 10.1. The van der Waals surface area contributed by atoms with Gasteiger partial charge >= 0.3 is 0 Å². The van der Waals surface area contributed by atoms with Crippen molar-refractivity contribution in [3.8, 4) is 0 Å². The molecule has 2 amide bonds. The molecule has 0 atom stereocenters. The molecular formula is C19H19ClN4O3S. The summed E-state index contributed by atoms with van der Waals surface area (Å²) in [6.45, 7) is 4.37. The Morgan fingerprint density at radius 1 is 1.25 bits per heavy atom. The van der Waals surface area contributed by atoms with Crippen LogP contribution in [0.25, 0.3) is 10.1 Å². The Labute approximate surface area is 170 Å². The van der Waals surface area contributed by atoms with Crippen LogP contribution < -0.4 is 5.32 Å². The molecule has 1 fully saturated rings. The van der Waals surface area contributed by atoms with Crippen molar-refractivity contribution in [2.75, 3.05) is 38.0 Å². The third-order valence-electron chi connectivity index (χ3n) is 4.65. The predicted octanol–water partition coefficient (Wildman–Crippen LogP) is 3.25. The van der Waals surface area contributed by atoms with E-state index >= 15 is 0 Å². The minimum Gasteiger partial charge on any atom is -0.360 e. The second kappa shape index (κ2) is 7.90. The number of benzene rings is 1. The first-order chi connectivity index (χ1) is 13.5. The molecule has 1 N–H and O–H groups in total. The van der Waals surface area contributed by atoms with E-state index in [-0.39, 0.29) is 18.4 Å². The molecular weight excluding hydrogens is 400 g/mol. The van der Waals surface area contributed by atoms with E-state index in [1.165, 1.54) is 11.3 Å². The summed E-state index contributed by atoms with van der Waals surface area (Å²) in [5.74, 6) is 0.854. The van der Waals surface area contributed by atoms with Crippen LogP contribution in [0.3, 0.4) is 0 Å². The number of piperazine rings is 1. The number of amides is 2. The maximum Gasteiger partial charge on any atom is 0.265 e. The molecule has 9 heteroatoms. The van der Waals surface area contributed by atoms with Crippen molar-refractivity contribution in [3.05, 3.63) is 46.0 Å². The Morgan fingerprint density at radius 2 is 2.00 bits per heavy atom. The van der Waals surface area contributed by atoms with Crippen LogP contribution in [0.5, 0.6) is 0 Å². The number of nitrogens with one attached hydrogen (secondary N) is 1. The molecule has 0 spiro atoms. The van der Waals surface area contributed by atoms with E-state index in [0.29, 0.717) is 47.7 Å². The number of carbonyl (C=O) groups excluding carboxylic acids is 2. The monoisotopic (exact) mass is 418 g/mol. The van der Waals surface area contributed by atoms with Gasteiger partial charge in [-0.25, -0.2) is 0 Å². The zero-order valence-corrected chi connectivity index (χ0v) is 16.8. The summed E-state index contributed by atoms with van der Waals surface area (Å²) in [5, 5.41) is 7.90. The number of fused-ring (bicyclic) bond motifs is 1. The molecule has 1 aliphatic rings. The van der Waals surface area contributed by atoms with E-state index in [0.717, 1.165) is 10.1 Å². The minimum atomic E-state index is -0.152. The van der Waals surface area contributed by atoms with Crippen LogP contribution in [0.2, 0.25) is 5.02 Å². The lowest BCUT2D eigenvalue weighted by Crippen LogP contribution is -2.50. The zero-order valence-electron chi connectivity index (χ0n) is 15.3. The number of hydrogen-bond acceptors (Lipinski definition) is 6. The smallest absolute Gasteiger partial charge is 0.265 e. The number of aryl methyl sites for hydroxylation is 1. The molecule has 7 nitrogen and oxygen atoms in total. The maximum atomic E-state index is 12.9. The highest BCUT2D eigenvalue weighted by Crippen LogP contribution is 2.36. The molecule has 1 saturated heterocycles. The molecule has 3 heterocycles. The summed E-state index contributed by atoms with van der Waals surface area (Å²) in [7, 11) is 0. The van der Waals surface area contributed by atoms with Crippen molar-refractivity contribution < 1.29 is 14.1 Å². The van der Waals surface area contributed by atoms with Gasteiger partial charge in [0.25, 0.3) is 5.91 Å². The van der Waals surface area contributed by atoms with Gasteiger partial charge in [0, 0.05) is 42.3 Å². The molecule has 0 bridgehead atoms. The summed E-state index contributed by atoms with van der Waals surface area (Å²) in [6, 6.07) is 9.42. The molecule has 0 aliphatic carbocycles. The Hall–Kier alpha value is -2.42. The molecule has 1 aromatic carbocycles. The summed E-state index contributed by atoms with van der Waals surface area (Å²) >= 11 is 7.86. The highest BCUT2D eigenvalue weighted by Gasteiger charge is 2.26. The fraction of sp³-hybridized carbons (Fsp3) is 0.316. The van der Waals surface area contributed by atoms with Gasteiger partial charge in [-0.05, 0) is 13.0 Å². The highest BCUT2D eigenvalue weighted by molar-refractivity contribution is 7.21. The summed E-state index contributed by atoms with van der Waals surface area (Å²) in [6.07, 6.45) is 0. The second-order valence-corrected chi connectivity index (χ2v) is 8.11. The quantitative estimate of drug-likeness (QED) is 0.703. The average molecular weight is 419 g/mol. The highest BCUT2D eigenvalue weighted by atomic mass is 35.5. The topological polar surface area (TPSA) is 78.7 Å². The van der Waals surface area contributed by atoms with Gasteiger partial charge < -0.3 is 14.7 Å². The number of rotatable bonds is 4. The number of anilines is 1. The van der Waals surface area contributed by atoms with E-state index < -0.39 is 0 Å². The Morgan fingerprint density at radius 3 is 2.68 bits per heavy atom. The van der Waals surface area contributed by atoms with Gasteiger partial charge in [0.15, 0.2) is 5.82 Å². The Kier molecular flexibility index (Phi) is 5.34. The molecule has 0 saturated carbocycles. The average Bonchev–Trinajstić information content (AvgIpc) is 3.25. The van der Waals surface area contributed by atoms with Gasteiger partial charge in [-0.2, -0.15) is 0 Å². The zero-order chi connectivity index (χ0) is 19.7. The van der Waals surface area contributed by atoms with Gasteiger partial charge in [0.05, 0.1) is 11.6 Å². The van der Waals surface area contributed by atoms with Gasteiger partial charge in [0.1, 0.15) is 10.6 Å². The third-order valence-corrected chi connectivity index (χ3v) is 6.31. The third kappa shape index (κ3) is 3.89. The van der Waals surface area contributed by atoms with Crippen molar-refractivity contribution in [2.45, 2.75) is 6.92 Å². The SMILES string of the molecule is Cc1cc(NC(=O)CN2CCN(C(=O)c3sc4ccccc4c3Cl)CC2)no1. The normalized spacial score (nSPS) is 15.1. The largest absolute Gasteiger partial charge is 0.360 e. The Balaban J connectivity index is 1.33. The number of aromatic nitrogens is 1. The maximum absolute atomic E-state index is 12.9. The lowest BCUT2D eigenvalue weighted by Gasteiger charge is -2.34. The van der Waals surface area contributed by atoms with E-state index in [1.54, 1.807) is 17.9 Å². The molecule has 0 unspecified atom stereocenters. The van der Waals surface area contributed by atoms with E-state index in [1.807, 2.05) is 29.2 Å². The van der Waals surface area contributed by atoms with Gasteiger partial charge in [-0.1, -0.05) is 35.0 Å². The lowest BCUT2D eigenvalue weighted by molar-refractivity contribution is -0.117. The number of nitrogens with zero attached hydrogens (tertiary/aromatic N) is 3. The first-order valence-electron chi connectivity index (χ1n) is 8.93. The standard InChI is InChI=1S/C19H19ClN4O3S/c1-12-10-15(22-27-12)21-16(25)11-23-6-8-24(9-7-23)19(26)18-17(20)13-4-2-3-5-14(13)28-18/h2-5,10H,6-9,11H2,1H3,(H,21,22,25). The molecule has 0 radical (unpaired) electrons. The molecule has 146 valence electrons. The first kappa shape index (κ1) is 18.9. The number of halogens is 1. The van der Waals surface area contributed by atoms with Crippen molar-refractivity contribution in [3.63, 3.8) is 0 Å². The van der Waals surface area contributed by atoms with Crippen LogP contribution in [0.4, 0.5) is 5.82 Å². The van der Waals surface area contributed by atoms with Crippen LogP contribution >= 0.6 is 22.9 Å². The number of thiophene rings is 1. The molecule has 2 aromatic heterocycles. The van der Waals surface area contributed by atoms with E-state index in [4.69, 9.17) is 16.1 Å². The lowest BCUT2D eigenvalue weighted by atomic mass is 10.2. The fourth-order valence-electron chi connectivity index (χ4n) is 3.22.